The van der Waals surface area contributed by atoms with Crippen molar-refractivity contribution >= 4 is 45.8 Å². The van der Waals surface area contributed by atoms with Crippen LogP contribution >= 0.6 is 0 Å². The van der Waals surface area contributed by atoms with Crippen LogP contribution in [0.4, 0.5) is 15.9 Å². The second-order valence-corrected chi connectivity index (χ2v) is 8.08. The predicted octanol–water partition coefficient (Wildman–Crippen LogP) is 5.06. The Morgan fingerprint density at radius 3 is 2.32 bits per heavy atom. The maximum absolute atomic E-state index is 13.4. The van der Waals surface area contributed by atoms with Crippen LogP contribution in [0.1, 0.15) is 27.0 Å². The van der Waals surface area contributed by atoms with Gasteiger partial charge in [0, 0.05) is 5.69 Å². The molecule has 3 aromatic carbocycles. The van der Waals surface area contributed by atoms with Crippen LogP contribution < -0.4 is 11.1 Å². The maximum Gasteiger partial charge on any atom is 0.261 e. The highest BCUT2D eigenvalue weighted by Crippen LogP contribution is 2.29. The molecule has 1 amide bonds. The first kappa shape index (κ1) is 21.3. The number of nitrogen functional groups attached to an aromatic ring is 1. The van der Waals surface area contributed by atoms with Gasteiger partial charge in [-0.1, -0.05) is 30.3 Å². The zero-order valence-electron chi connectivity index (χ0n) is 18.6. The molecule has 0 aliphatic carbocycles. The average Bonchev–Trinajstić information content (AvgIpc) is 3.06. The Kier molecular flexibility index (Phi) is 5.25. The zero-order chi connectivity index (χ0) is 23.8. The summed E-state index contributed by atoms with van der Waals surface area (Å²) >= 11 is 0. The minimum atomic E-state index is -0.409. The molecule has 0 unspecified atom stereocenters. The Hall–Kier alpha value is -4.59. The molecule has 0 fully saturated rings. The Labute approximate surface area is 194 Å². The minimum absolute atomic E-state index is 0.102. The molecule has 0 saturated heterocycles. The number of nitrogens with two attached hydrogens (primary N) is 1. The SMILES string of the molecule is Cc1cc(C)cc(NC(=O)c2c(N)n(N=Cc3ccc(F)cc3)c3nc4ccccc4nc23)c1. The van der Waals surface area contributed by atoms with Gasteiger partial charge in [0.05, 0.1) is 17.2 Å². The van der Waals surface area contributed by atoms with Gasteiger partial charge >= 0.3 is 0 Å². The van der Waals surface area contributed by atoms with E-state index >= 15 is 0 Å². The molecule has 2 aromatic heterocycles. The highest BCUT2D eigenvalue weighted by atomic mass is 19.1. The summed E-state index contributed by atoms with van der Waals surface area (Å²) < 4.78 is 14.6. The normalized spacial score (nSPS) is 11.5. The van der Waals surface area contributed by atoms with Crippen LogP contribution in [0.5, 0.6) is 0 Å². The average molecular weight is 452 g/mol. The molecule has 7 nitrogen and oxygen atoms in total. The molecule has 0 spiro atoms. The lowest BCUT2D eigenvalue weighted by Crippen LogP contribution is -2.14. The van der Waals surface area contributed by atoms with Crippen LogP contribution in [0.25, 0.3) is 22.2 Å². The highest BCUT2D eigenvalue weighted by molar-refractivity contribution is 6.16. The van der Waals surface area contributed by atoms with Crippen molar-refractivity contribution in [1.82, 2.24) is 14.6 Å². The minimum Gasteiger partial charge on any atom is -0.383 e. The fourth-order valence-electron chi connectivity index (χ4n) is 3.90. The molecule has 0 atom stereocenters. The number of benzene rings is 3. The summed E-state index contributed by atoms with van der Waals surface area (Å²) in [5.41, 5.74) is 12.0. The van der Waals surface area contributed by atoms with Crippen LogP contribution in [-0.4, -0.2) is 26.8 Å². The van der Waals surface area contributed by atoms with Gasteiger partial charge in [-0.2, -0.15) is 9.78 Å². The number of hydrogen-bond acceptors (Lipinski definition) is 5. The van der Waals surface area contributed by atoms with Crippen molar-refractivity contribution in [2.24, 2.45) is 5.10 Å². The van der Waals surface area contributed by atoms with Crippen molar-refractivity contribution < 1.29 is 9.18 Å². The van der Waals surface area contributed by atoms with E-state index in [-0.39, 0.29) is 17.2 Å². The number of halogens is 1. The smallest absolute Gasteiger partial charge is 0.261 e. The van der Waals surface area contributed by atoms with E-state index in [4.69, 9.17) is 5.73 Å². The Balaban J connectivity index is 1.65. The van der Waals surface area contributed by atoms with E-state index in [9.17, 15) is 9.18 Å². The molecule has 0 bridgehead atoms. The summed E-state index contributed by atoms with van der Waals surface area (Å²) in [5, 5.41) is 7.36. The lowest BCUT2D eigenvalue weighted by Gasteiger charge is -2.08. The Bertz CT molecular complexity index is 1570. The van der Waals surface area contributed by atoms with Gasteiger partial charge in [0.2, 0.25) is 0 Å². The van der Waals surface area contributed by atoms with E-state index in [0.717, 1.165) is 11.1 Å². The van der Waals surface area contributed by atoms with Crippen molar-refractivity contribution in [1.29, 1.82) is 0 Å². The third-order valence-corrected chi connectivity index (χ3v) is 5.37. The van der Waals surface area contributed by atoms with Crippen molar-refractivity contribution in [2.75, 3.05) is 11.1 Å². The molecule has 3 N–H and O–H groups in total. The largest absolute Gasteiger partial charge is 0.383 e. The number of aromatic nitrogens is 3. The first-order valence-corrected chi connectivity index (χ1v) is 10.7. The summed E-state index contributed by atoms with van der Waals surface area (Å²) in [6.45, 7) is 3.93. The summed E-state index contributed by atoms with van der Waals surface area (Å²) in [4.78, 5) is 22.7. The quantitative estimate of drug-likeness (QED) is 0.373. The molecule has 168 valence electrons. The van der Waals surface area contributed by atoms with E-state index < -0.39 is 5.91 Å². The molecule has 5 aromatic rings. The second kappa shape index (κ2) is 8.40. The van der Waals surface area contributed by atoms with Gasteiger partial charge in [0.15, 0.2) is 5.65 Å². The van der Waals surface area contributed by atoms with Gasteiger partial charge in [-0.3, -0.25) is 4.79 Å². The monoisotopic (exact) mass is 452 g/mol. The number of carbonyl (C=O) groups excluding carboxylic acids is 1. The molecule has 0 aliphatic heterocycles. The number of nitrogens with zero attached hydrogens (tertiary/aromatic N) is 4. The van der Waals surface area contributed by atoms with Crippen LogP contribution in [0, 0.1) is 19.7 Å². The molecule has 2 heterocycles. The van der Waals surface area contributed by atoms with Crippen molar-refractivity contribution in [3.05, 3.63) is 94.8 Å². The van der Waals surface area contributed by atoms with E-state index in [0.29, 0.717) is 33.4 Å². The molecule has 34 heavy (non-hydrogen) atoms. The lowest BCUT2D eigenvalue weighted by atomic mass is 10.1. The first-order valence-electron chi connectivity index (χ1n) is 10.7. The number of para-hydroxylation sites is 2. The Morgan fingerprint density at radius 2 is 1.65 bits per heavy atom. The molecular weight excluding hydrogens is 431 g/mol. The first-order chi connectivity index (χ1) is 16.4. The van der Waals surface area contributed by atoms with Crippen LogP contribution in [0.15, 0.2) is 71.8 Å². The van der Waals surface area contributed by atoms with Gasteiger partial charge < -0.3 is 11.1 Å². The van der Waals surface area contributed by atoms with Crippen LogP contribution in [0.3, 0.4) is 0 Å². The summed E-state index contributed by atoms with van der Waals surface area (Å²) in [6.07, 6.45) is 1.53. The van der Waals surface area contributed by atoms with Crippen molar-refractivity contribution in [2.45, 2.75) is 13.8 Å². The fraction of sp³-hybridized carbons (Fsp3) is 0.0769. The number of nitrogens with one attached hydrogen (secondary N) is 1. The summed E-state index contributed by atoms with van der Waals surface area (Å²) in [7, 11) is 0. The Morgan fingerprint density at radius 1 is 1.00 bits per heavy atom. The number of amides is 1. The van der Waals surface area contributed by atoms with Gasteiger partial charge in [0.1, 0.15) is 22.7 Å². The van der Waals surface area contributed by atoms with E-state index in [1.54, 1.807) is 12.1 Å². The topological polar surface area (TPSA) is 98.2 Å². The standard InChI is InChI=1S/C26H21FN6O/c1-15-11-16(2)13-19(12-15)30-26(34)22-23-25(32-21-6-4-3-5-20(21)31-23)33(24(22)28)29-14-17-7-9-18(27)10-8-17/h3-14H,28H2,1-2H3,(H,30,34). The number of fused-ring (bicyclic) bond motifs is 2. The van der Waals surface area contributed by atoms with E-state index in [2.05, 4.69) is 20.4 Å². The third-order valence-electron chi connectivity index (χ3n) is 5.37. The van der Waals surface area contributed by atoms with Crippen LogP contribution in [0.2, 0.25) is 0 Å². The predicted molar refractivity (Wildman–Crippen MR) is 133 cm³/mol. The van der Waals surface area contributed by atoms with E-state index in [1.165, 1.54) is 23.0 Å². The summed E-state index contributed by atoms with van der Waals surface area (Å²) in [6, 6.07) is 19.0. The second-order valence-electron chi connectivity index (χ2n) is 8.08. The van der Waals surface area contributed by atoms with Crippen LogP contribution in [-0.2, 0) is 0 Å². The number of aryl methyl sites for hydroxylation is 2. The van der Waals surface area contributed by atoms with E-state index in [1.807, 2.05) is 56.3 Å². The van der Waals surface area contributed by atoms with Crippen molar-refractivity contribution in [3.63, 3.8) is 0 Å². The maximum atomic E-state index is 13.4. The number of hydrogen-bond donors (Lipinski definition) is 2. The number of carbonyl (C=O) groups is 1. The molecular formula is C26H21FN6O. The number of rotatable bonds is 4. The van der Waals surface area contributed by atoms with Gasteiger partial charge in [0.25, 0.3) is 5.91 Å². The van der Waals surface area contributed by atoms with Gasteiger partial charge in [-0.25, -0.2) is 14.4 Å². The molecule has 8 heteroatoms. The van der Waals surface area contributed by atoms with Gasteiger partial charge in [-0.05, 0) is 66.9 Å². The molecule has 5 rings (SSSR count). The zero-order valence-corrected chi connectivity index (χ0v) is 18.6. The third kappa shape index (κ3) is 3.97. The lowest BCUT2D eigenvalue weighted by molar-refractivity contribution is 0.102. The highest BCUT2D eigenvalue weighted by Gasteiger charge is 2.24. The fourth-order valence-corrected chi connectivity index (χ4v) is 3.90. The molecule has 0 aliphatic rings. The molecule has 0 radical (unpaired) electrons. The number of anilines is 2. The molecule has 0 saturated carbocycles. The van der Waals surface area contributed by atoms with Crippen molar-refractivity contribution in [3.8, 4) is 0 Å². The van der Waals surface area contributed by atoms with Gasteiger partial charge in [-0.15, -0.1) is 0 Å². The summed E-state index contributed by atoms with van der Waals surface area (Å²) in [5.74, 6) is -0.649.